The van der Waals surface area contributed by atoms with E-state index in [1.165, 1.54) is 5.56 Å². The molecule has 0 aliphatic carbocycles. The van der Waals surface area contributed by atoms with Crippen LogP contribution in [0.4, 0.5) is 0 Å². The summed E-state index contributed by atoms with van der Waals surface area (Å²) in [5.74, 6) is 0.893. The predicted octanol–water partition coefficient (Wildman–Crippen LogP) is 1.60. The number of aliphatic hydroxyl groups excluding tert-OH is 2. The molecule has 0 heterocycles. The van der Waals surface area contributed by atoms with Crippen LogP contribution in [0.25, 0.3) is 0 Å². The molecule has 1 atom stereocenters. The summed E-state index contributed by atoms with van der Waals surface area (Å²) in [4.78, 5) is 0. The van der Waals surface area contributed by atoms with E-state index < -0.39 is 6.10 Å². The monoisotopic (exact) mass is 224 g/mol. The maximum Gasteiger partial charge on any atom is 0.122 e. The third-order valence-corrected chi connectivity index (χ3v) is 2.81. The first-order valence-corrected chi connectivity index (χ1v) is 5.51. The van der Waals surface area contributed by atoms with Crippen molar-refractivity contribution in [2.45, 2.75) is 32.8 Å². The number of rotatable bonds is 5. The molecule has 1 aromatic rings. The average molecular weight is 224 g/mol. The zero-order chi connectivity index (χ0) is 12.1. The summed E-state index contributed by atoms with van der Waals surface area (Å²) in [5.41, 5.74) is 3.46. The fourth-order valence-corrected chi connectivity index (χ4v) is 1.75. The van der Waals surface area contributed by atoms with E-state index in [1.807, 2.05) is 19.9 Å². The Morgan fingerprint density at radius 2 is 1.94 bits per heavy atom. The van der Waals surface area contributed by atoms with Gasteiger partial charge in [-0.05, 0) is 49.4 Å². The van der Waals surface area contributed by atoms with Crippen LogP contribution in [0.2, 0.25) is 0 Å². The minimum Gasteiger partial charge on any atom is -0.496 e. The number of ether oxygens (including phenoxy) is 1. The Hall–Kier alpha value is -1.06. The topological polar surface area (TPSA) is 49.7 Å². The van der Waals surface area contributed by atoms with Crippen LogP contribution in [0.1, 0.15) is 23.1 Å². The first-order chi connectivity index (χ1) is 7.58. The van der Waals surface area contributed by atoms with E-state index >= 15 is 0 Å². The number of benzene rings is 1. The molecule has 1 aromatic carbocycles. The quantitative estimate of drug-likeness (QED) is 0.798. The molecule has 0 amide bonds. The Morgan fingerprint density at radius 1 is 1.25 bits per heavy atom. The van der Waals surface area contributed by atoms with Crippen molar-refractivity contribution in [2.75, 3.05) is 13.7 Å². The summed E-state index contributed by atoms with van der Waals surface area (Å²) in [5, 5.41) is 18.1. The predicted molar refractivity (Wildman–Crippen MR) is 63.9 cm³/mol. The van der Waals surface area contributed by atoms with Crippen LogP contribution in [-0.4, -0.2) is 30.0 Å². The van der Waals surface area contributed by atoms with Gasteiger partial charge in [-0.25, -0.2) is 0 Å². The van der Waals surface area contributed by atoms with E-state index in [0.717, 1.165) is 23.3 Å². The first kappa shape index (κ1) is 13.0. The zero-order valence-corrected chi connectivity index (χ0v) is 10.2. The maximum absolute atomic E-state index is 9.31. The van der Waals surface area contributed by atoms with Crippen molar-refractivity contribution in [3.8, 4) is 5.75 Å². The van der Waals surface area contributed by atoms with Crippen molar-refractivity contribution < 1.29 is 14.9 Å². The zero-order valence-electron chi connectivity index (χ0n) is 10.2. The molecule has 0 bridgehead atoms. The van der Waals surface area contributed by atoms with Gasteiger partial charge in [0.05, 0.1) is 19.8 Å². The van der Waals surface area contributed by atoms with Gasteiger partial charge >= 0.3 is 0 Å². The molecular weight excluding hydrogens is 204 g/mol. The van der Waals surface area contributed by atoms with Crippen LogP contribution in [0.5, 0.6) is 5.75 Å². The van der Waals surface area contributed by atoms with Gasteiger partial charge in [0.1, 0.15) is 5.75 Å². The largest absolute Gasteiger partial charge is 0.496 e. The minimum atomic E-state index is -0.623. The number of aliphatic hydroxyl groups is 2. The molecule has 0 fully saturated rings. The molecule has 16 heavy (non-hydrogen) atoms. The molecule has 0 aromatic heterocycles. The van der Waals surface area contributed by atoms with Crippen molar-refractivity contribution in [1.29, 1.82) is 0 Å². The van der Waals surface area contributed by atoms with Gasteiger partial charge in [0.15, 0.2) is 0 Å². The summed E-state index contributed by atoms with van der Waals surface area (Å²) in [6.07, 6.45) is 0.739. The SMILES string of the molecule is COc1cc(C)c(CCC(O)CO)cc1C. The van der Waals surface area contributed by atoms with Crippen LogP contribution >= 0.6 is 0 Å². The molecule has 0 saturated heterocycles. The van der Waals surface area contributed by atoms with E-state index in [2.05, 4.69) is 6.07 Å². The number of methoxy groups -OCH3 is 1. The Bertz CT molecular complexity index is 347. The Morgan fingerprint density at radius 3 is 2.50 bits per heavy atom. The highest BCUT2D eigenvalue weighted by Gasteiger charge is 2.07. The molecule has 0 radical (unpaired) electrons. The molecule has 0 aliphatic rings. The molecule has 3 heteroatoms. The Balaban J connectivity index is 2.77. The Kier molecular flexibility index (Phi) is 4.77. The van der Waals surface area contributed by atoms with Crippen molar-refractivity contribution in [2.24, 2.45) is 0 Å². The van der Waals surface area contributed by atoms with Crippen LogP contribution in [0, 0.1) is 13.8 Å². The van der Waals surface area contributed by atoms with E-state index in [9.17, 15) is 5.11 Å². The molecule has 1 rings (SSSR count). The second-order valence-electron chi connectivity index (χ2n) is 4.12. The van der Waals surface area contributed by atoms with Crippen molar-refractivity contribution in [3.63, 3.8) is 0 Å². The summed E-state index contributed by atoms with van der Waals surface area (Å²) in [7, 11) is 1.66. The van der Waals surface area contributed by atoms with E-state index in [1.54, 1.807) is 7.11 Å². The van der Waals surface area contributed by atoms with Gasteiger partial charge in [0.25, 0.3) is 0 Å². The van der Waals surface area contributed by atoms with E-state index in [0.29, 0.717) is 6.42 Å². The van der Waals surface area contributed by atoms with Crippen molar-refractivity contribution in [1.82, 2.24) is 0 Å². The average Bonchev–Trinajstić information content (AvgIpc) is 2.29. The summed E-state index contributed by atoms with van der Waals surface area (Å²) < 4.78 is 5.24. The van der Waals surface area contributed by atoms with Gasteiger partial charge in [-0.1, -0.05) is 6.07 Å². The highest BCUT2D eigenvalue weighted by molar-refractivity contribution is 5.41. The van der Waals surface area contributed by atoms with Gasteiger partial charge < -0.3 is 14.9 Å². The van der Waals surface area contributed by atoms with E-state index in [-0.39, 0.29) is 6.61 Å². The molecule has 0 aliphatic heterocycles. The molecule has 90 valence electrons. The molecule has 0 spiro atoms. The molecule has 3 nitrogen and oxygen atoms in total. The number of hydrogen-bond donors (Lipinski definition) is 2. The summed E-state index contributed by atoms with van der Waals surface area (Å²) in [6, 6.07) is 4.09. The lowest BCUT2D eigenvalue weighted by molar-refractivity contribution is 0.0885. The summed E-state index contributed by atoms with van der Waals surface area (Å²) >= 11 is 0. The highest BCUT2D eigenvalue weighted by Crippen LogP contribution is 2.23. The fourth-order valence-electron chi connectivity index (χ4n) is 1.75. The maximum atomic E-state index is 9.31. The molecular formula is C13H20O3. The van der Waals surface area contributed by atoms with Gasteiger partial charge in [-0.2, -0.15) is 0 Å². The minimum absolute atomic E-state index is 0.172. The lowest BCUT2D eigenvalue weighted by Crippen LogP contribution is -2.13. The van der Waals surface area contributed by atoms with Crippen molar-refractivity contribution >= 4 is 0 Å². The lowest BCUT2D eigenvalue weighted by Gasteiger charge is -2.12. The van der Waals surface area contributed by atoms with E-state index in [4.69, 9.17) is 9.84 Å². The lowest BCUT2D eigenvalue weighted by atomic mass is 9.99. The molecule has 0 saturated carbocycles. The van der Waals surface area contributed by atoms with Gasteiger partial charge in [-0.3, -0.25) is 0 Å². The van der Waals surface area contributed by atoms with Crippen molar-refractivity contribution in [3.05, 3.63) is 28.8 Å². The van der Waals surface area contributed by atoms with Gasteiger partial charge in [0, 0.05) is 0 Å². The van der Waals surface area contributed by atoms with Crippen LogP contribution < -0.4 is 4.74 Å². The third-order valence-electron chi connectivity index (χ3n) is 2.81. The standard InChI is InChI=1S/C13H20O3/c1-9-7-13(16-3)10(2)6-11(9)4-5-12(15)8-14/h6-7,12,14-15H,4-5,8H2,1-3H3. The third kappa shape index (κ3) is 3.22. The first-order valence-electron chi connectivity index (χ1n) is 5.51. The molecule has 1 unspecified atom stereocenters. The fraction of sp³-hybridized carbons (Fsp3) is 0.538. The van der Waals surface area contributed by atoms with Crippen LogP contribution in [0.3, 0.4) is 0 Å². The summed E-state index contributed by atoms with van der Waals surface area (Å²) in [6.45, 7) is 3.86. The number of hydrogen-bond acceptors (Lipinski definition) is 3. The second-order valence-corrected chi connectivity index (χ2v) is 4.12. The second kappa shape index (κ2) is 5.87. The normalized spacial score (nSPS) is 12.6. The van der Waals surface area contributed by atoms with Gasteiger partial charge in [-0.15, -0.1) is 0 Å². The Labute approximate surface area is 96.7 Å². The highest BCUT2D eigenvalue weighted by atomic mass is 16.5. The van der Waals surface area contributed by atoms with Gasteiger partial charge in [0.2, 0.25) is 0 Å². The smallest absolute Gasteiger partial charge is 0.122 e. The van der Waals surface area contributed by atoms with Crippen LogP contribution in [0.15, 0.2) is 12.1 Å². The van der Waals surface area contributed by atoms with Crippen LogP contribution in [-0.2, 0) is 6.42 Å². The number of aryl methyl sites for hydroxylation is 3. The molecule has 2 N–H and O–H groups in total.